The zero-order valence-electron chi connectivity index (χ0n) is 19.0. The molecule has 3 aliphatic heterocycles. The first-order valence-electron chi connectivity index (χ1n) is 11.8. The smallest absolute Gasteiger partial charge is 0.227 e. The summed E-state index contributed by atoms with van der Waals surface area (Å²) in [7, 11) is 2.16. The second-order valence-corrected chi connectivity index (χ2v) is 9.78. The number of pyridine rings is 1. The number of likely N-dealkylation sites (tertiary alicyclic amines) is 1. The molecule has 170 valence electrons. The summed E-state index contributed by atoms with van der Waals surface area (Å²) in [5.74, 6) is 1.73. The molecular weight excluding hydrogens is 402 g/mol. The lowest BCUT2D eigenvalue weighted by atomic mass is 9.82. The number of ether oxygens (including phenoxy) is 2. The fourth-order valence-corrected chi connectivity index (χ4v) is 5.26. The molecule has 6 nitrogen and oxygen atoms in total. The number of nitrogens with zero attached hydrogens (tertiary/aromatic N) is 3. The topological polar surface area (TPSA) is 54.9 Å². The molecule has 0 bridgehead atoms. The normalized spacial score (nSPS) is 21.7. The Morgan fingerprint density at radius 1 is 1.28 bits per heavy atom. The van der Waals surface area contributed by atoms with E-state index in [-0.39, 0.29) is 11.5 Å². The average molecular weight is 436 g/mol. The fraction of sp³-hybridized carbons (Fsp3) is 0.538. The number of carbonyl (C=O) groups excluding carboxylic acids is 1. The molecule has 32 heavy (non-hydrogen) atoms. The van der Waals surface area contributed by atoms with E-state index < -0.39 is 0 Å². The highest BCUT2D eigenvalue weighted by atomic mass is 16.5. The van der Waals surface area contributed by atoms with Crippen LogP contribution >= 0.6 is 0 Å². The first kappa shape index (κ1) is 21.4. The highest BCUT2D eigenvalue weighted by Crippen LogP contribution is 2.36. The summed E-state index contributed by atoms with van der Waals surface area (Å²) in [4.78, 5) is 21.3. The van der Waals surface area contributed by atoms with Gasteiger partial charge in [-0.3, -0.25) is 9.78 Å². The minimum absolute atomic E-state index is 0.113. The molecule has 0 radical (unpaired) electrons. The number of rotatable bonds is 6. The predicted molar refractivity (Wildman–Crippen MR) is 123 cm³/mol. The number of hydrogen-bond acceptors (Lipinski definition) is 5. The second-order valence-electron chi connectivity index (χ2n) is 9.78. The number of hydrogen-bond donors (Lipinski definition) is 0. The van der Waals surface area contributed by atoms with Crippen molar-refractivity contribution in [2.75, 3.05) is 39.9 Å². The molecule has 4 heterocycles. The molecule has 5 rings (SSSR count). The van der Waals surface area contributed by atoms with Crippen LogP contribution in [0.5, 0.6) is 5.75 Å². The lowest BCUT2D eigenvalue weighted by Gasteiger charge is -2.53. The van der Waals surface area contributed by atoms with E-state index in [0.29, 0.717) is 12.3 Å². The molecule has 0 aliphatic carbocycles. The molecule has 2 aromatic rings. The van der Waals surface area contributed by atoms with Crippen molar-refractivity contribution in [2.45, 2.75) is 44.2 Å². The zero-order chi connectivity index (χ0) is 22.0. The number of aromatic nitrogens is 1. The fourth-order valence-electron chi connectivity index (χ4n) is 5.26. The Hall–Kier alpha value is -2.44. The first-order valence-corrected chi connectivity index (χ1v) is 11.8. The van der Waals surface area contributed by atoms with Crippen molar-refractivity contribution < 1.29 is 14.3 Å². The third-order valence-electron chi connectivity index (χ3n) is 7.02. The standard InChI is InChI=1S/C26H33N3O3/c1-28(15-21-4-2-10-27-14-21)16-22-8-9-26(32-17-22)18-29(19-26)25(30)13-20-6-7-24-23(12-20)5-3-11-31-24/h2,4,6-7,10,12,14,22H,3,5,8-9,11,13,15-19H2,1H3/t22-/m0/s1. The van der Waals surface area contributed by atoms with E-state index in [9.17, 15) is 4.79 Å². The Morgan fingerprint density at radius 2 is 2.19 bits per heavy atom. The number of fused-ring (bicyclic) bond motifs is 1. The minimum atomic E-state index is -0.113. The SMILES string of the molecule is CN(Cc1cccnc1)C[C@@H]1CCC2(CN(C(=O)Cc3ccc4c(c3)CCCO4)C2)OC1. The van der Waals surface area contributed by atoms with Crippen molar-refractivity contribution in [3.63, 3.8) is 0 Å². The lowest BCUT2D eigenvalue weighted by Crippen LogP contribution is -2.66. The van der Waals surface area contributed by atoms with Crippen LogP contribution in [0.15, 0.2) is 42.7 Å². The number of carbonyl (C=O) groups is 1. The van der Waals surface area contributed by atoms with Crippen LogP contribution in [0.25, 0.3) is 0 Å². The quantitative estimate of drug-likeness (QED) is 0.698. The van der Waals surface area contributed by atoms with Gasteiger partial charge >= 0.3 is 0 Å². The van der Waals surface area contributed by atoms with Crippen LogP contribution in [-0.2, 0) is 28.9 Å². The molecule has 1 aromatic heterocycles. The molecule has 1 spiro atoms. The van der Waals surface area contributed by atoms with E-state index >= 15 is 0 Å². The molecule has 0 saturated carbocycles. The van der Waals surface area contributed by atoms with Gasteiger partial charge in [-0.2, -0.15) is 0 Å². The molecule has 1 aromatic carbocycles. The van der Waals surface area contributed by atoms with Gasteiger partial charge < -0.3 is 19.3 Å². The van der Waals surface area contributed by atoms with E-state index in [1.807, 2.05) is 35.5 Å². The highest BCUT2D eigenvalue weighted by molar-refractivity contribution is 5.80. The Balaban J connectivity index is 1.06. The Bertz CT molecular complexity index is 933. The Morgan fingerprint density at radius 3 is 2.97 bits per heavy atom. The third kappa shape index (κ3) is 4.81. The van der Waals surface area contributed by atoms with E-state index in [1.165, 1.54) is 11.1 Å². The monoisotopic (exact) mass is 435 g/mol. The molecule has 1 atom stereocenters. The molecular formula is C26H33N3O3. The van der Waals surface area contributed by atoms with Crippen LogP contribution in [0.4, 0.5) is 0 Å². The van der Waals surface area contributed by atoms with E-state index in [4.69, 9.17) is 9.47 Å². The third-order valence-corrected chi connectivity index (χ3v) is 7.02. The van der Waals surface area contributed by atoms with Crippen LogP contribution in [0.2, 0.25) is 0 Å². The molecule has 3 aliphatic rings. The van der Waals surface area contributed by atoms with Crippen molar-refractivity contribution in [3.05, 3.63) is 59.4 Å². The van der Waals surface area contributed by atoms with E-state index in [1.54, 1.807) is 0 Å². The van der Waals surface area contributed by atoms with Crippen molar-refractivity contribution >= 4 is 5.91 Å². The second kappa shape index (κ2) is 9.20. The summed E-state index contributed by atoms with van der Waals surface area (Å²) in [6.07, 6.45) is 8.49. The molecule has 2 saturated heterocycles. The molecule has 0 unspecified atom stereocenters. The molecule has 1 amide bonds. The van der Waals surface area contributed by atoms with Gasteiger partial charge in [-0.25, -0.2) is 0 Å². The average Bonchev–Trinajstić information content (AvgIpc) is 2.78. The summed E-state index contributed by atoms with van der Waals surface area (Å²) in [6.45, 7) is 4.98. The van der Waals surface area contributed by atoms with Gasteiger partial charge in [0.25, 0.3) is 0 Å². The van der Waals surface area contributed by atoms with E-state index in [2.05, 4.69) is 29.1 Å². The van der Waals surface area contributed by atoms with Crippen LogP contribution in [0, 0.1) is 5.92 Å². The summed E-state index contributed by atoms with van der Waals surface area (Å²) >= 11 is 0. The van der Waals surface area contributed by atoms with Crippen LogP contribution in [0.1, 0.15) is 36.0 Å². The van der Waals surface area contributed by atoms with Gasteiger partial charge in [-0.05, 0) is 67.5 Å². The highest BCUT2D eigenvalue weighted by Gasteiger charge is 2.48. The Kier molecular flexibility index (Phi) is 6.15. The lowest BCUT2D eigenvalue weighted by molar-refractivity contribution is -0.189. The summed E-state index contributed by atoms with van der Waals surface area (Å²) in [5, 5.41) is 0. The maximum Gasteiger partial charge on any atom is 0.227 e. The number of amides is 1. The first-order chi connectivity index (χ1) is 15.6. The minimum Gasteiger partial charge on any atom is -0.493 e. The van der Waals surface area contributed by atoms with Gasteiger partial charge in [0, 0.05) is 25.5 Å². The largest absolute Gasteiger partial charge is 0.493 e. The zero-order valence-corrected chi connectivity index (χ0v) is 19.0. The van der Waals surface area contributed by atoms with Crippen molar-refractivity contribution in [1.29, 1.82) is 0 Å². The summed E-state index contributed by atoms with van der Waals surface area (Å²) in [6, 6.07) is 10.3. The van der Waals surface area contributed by atoms with Crippen LogP contribution < -0.4 is 4.74 Å². The molecule has 6 heteroatoms. The van der Waals surface area contributed by atoms with Crippen LogP contribution in [0.3, 0.4) is 0 Å². The van der Waals surface area contributed by atoms with Crippen molar-refractivity contribution in [1.82, 2.24) is 14.8 Å². The predicted octanol–water partition coefficient (Wildman–Crippen LogP) is 3.09. The van der Waals surface area contributed by atoms with Gasteiger partial charge in [0.2, 0.25) is 5.91 Å². The molecule has 0 N–H and O–H groups in total. The van der Waals surface area contributed by atoms with Gasteiger partial charge in [0.05, 0.1) is 32.7 Å². The van der Waals surface area contributed by atoms with Crippen molar-refractivity contribution in [2.24, 2.45) is 5.92 Å². The number of benzene rings is 1. The van der Waals surface area contributed by atoms with E-state index in [0.717, 1.165) is 76.4 Å². The maximum atomic E-state index is 12.8. The van der Waals surface area contributed by atoms with Crippen LogP contribution in [-0.4, -0.2) is 66.2 Å². The van der Waals surface area contributed by atoms with Gasteiger partial charge in [-0.15, -0.1) is 0 Å². The van der Waals surface area contributed by atoms with Gasteiger partial charge in [0.15, 0.2) is 0 Å². The molecule has 2 fully saturated rings. The Labute approximate surface area is 190 Å². The maximum absolute atomic E-state index is 12.8. The summed E-state index contributed by atoms with van der Waals surface area (Å²) < 4.78 is 12.0. The van der Waals surface area contributed by atoms with Gasteiger partial charge in [0.1, 0.15) is 11.4 Å². The van der Waals surface area contributed by atoms with Crippen molar-refractivity contribution in [3.8, 4) is 5.75 Å². The van der Waals surface area contributed by atoms with Gasteiger partial charge in [-0.1, -0.05) is 18.2 Å². The summed E-state index contributed by atoms with van der Waals surface area (Å²) in [5.41, 5.74) is 3.44. The number of aryl methyl sites for hydroxylation is 1.